The van der Waals surface area contributed by atoms with E-state index < -0.39 is 0 Å². The van der Waals surface area contributed by atoms with E-state index in [1.54, 1.807) is 6.33 Å². The molecule has 0 aromatic carbocycles. The Balaban J connectivity index is 1.85. The zero-order chi connectivity index (χ0) is 10.9. The maximum Gasteiger partial charge on any atom is 0.140 e. The number of aromatic nitrogens is 3. The summed E-state index contributed by atoms with van der Waals surface area (Å²) in [5.74, 6) is 1.06. The molecule has 1 aliphatic carbocycles. The molecule has 1 aromatic rings. The summed E-state index contributed by atoms with van der Waals surface area (Å²) in [7, 11) is 0. The molecule has 4 heteroatoms. The summed E-state index contributed by atoms with van der Waals surface area (Å²) in [6.07, 6.45) is 4.02. The average molecular weight is 208 g/mol. The van der Waals surface area contributed by atoms with Gasteiger partial charge in [0.1, 0.15) is 12.2 Å². The summed E-state index contributed by atoms with van der Waals surface area (Å²) in [4.78, 5) is 4.27. The Morgan fingerprint density at radius 1 is 1.60 bits per heavy atom. The third-order valence-electron chi connectivity index (χ3n) is 3.15. The predicted octanol–water partition coefficient (Wildman–Crippen LogP) is 1.58. The summed E-state index contributed by atoms with van der Waals surface area (Å²) >= 11 is 0. The maximum atomic E-state index is 4.27. The minimum atomic E-state index is 0.482. The van der Waals surface area contributed by atoms with Crippen molar-refractivity contribution in [3.8, 4) is 0 Å². The van der Waals surface area contributed by atoms with E-state index >= 15 is 0 Å². The highest BCUT2D eigenvalue weighted by Crippen LogP contribution is 2.44. The number of nitrogens with zero attached hydrogens (tertiary/aromatic N) is 3. The molecule has 1 heterocycles. The molecule has 1 aliphatic rings. The lowest BCUT2D eigenvalue weighted by atomic mass is 10.2. The number of nitrogens with one attached hydrogen (secondary N) is 1. The second kappa shape index (κ2) is 3.93. The Morgan fingerprint density at radius 3 is 2.93 bits per heavy atom. The smallest absolute Gasteiger partial charge is 0.140 e. The van der Waals surface area contributed by atoms with Gasteiger partial charge in [-0.05, 0) is 18.3 Å². The van der Waals surface area contributed by atoms with Gasteiger partial charge in [-0.2, -0.15) is 5.10 Å². The van der Waals surface area contributed by atoms with Crippen LogP contribution < -0.4 is 5.32 Å². The molecule has 84 valence electrons. The van der Waals surface area contributed by atoms with Crippen LogP contribution in [0.1, 0.15) is 39.4 Å². The first-order chi connectivity index (χ1) is 7.13. The monoisotopic (exact) mass is 208 g/mol. The molecule has 0 radical (unpaired) electrons. The molecule has 0 spiro atoms. The van der Waals surface area contributed by atoms with Crippen molar-refractivity contribution in [3.05, 3.63) is 12.2 Å². The third-order valence-corrected chi connectivity index (χ3v) is 3.15. The first-order valence-corrected chi connectivity index (χ1v) is 5.73. The Morgan fingerprint density at radius 2 is 2.33 bits per heavy atom. The molecular weight excluding hydrogens is 188 g/mol. The normalized spacial score (nSPS) is 23.0. The van der Waals surface area contributed by atoms with E-state index in [-0.39, 0.29) is 0 Å². The van der Waals surface area contributed by atoms with Crippen molar-refractivity contribution in [2.24, 2.45) is 5.41 Å². The molecular formula is C11H20N4. The Bertz CT molecular complexity index is 329. The number of hydrogen-bond acceptors (Lipinski definition) is 3. The van der Waals surface area contributed by atoms with E-state index in [0.717, 1.165) is 25.3 Å². The topological polar surface area (TPSA) is 42.7 Å². The molecule has 4 nitrogen and oxygen atoms in total. The van der Waals surface area contributed by atoms with Gasteiger partial charge in [-0.3, -0.25) is 0 Å². The molecule has 0 amide bonds. The number of hydrogen-bond donors (Lipinski definition) is 1. The van der Waals surface area contributed by atoms with Gasteiger partial charge >= 0.3 is 0 Å². The van der Waals surface area contributed by atoms with E-state index in [0.29, 0.717) is 11.5 Å². The highest BCUT2D eigenvalue weighted by molar-refractivity contribution is 5.02. The largest absolute Gasteiger partial charge is 0.306 e. The molecule has 0 saturated heterocycles. The number of rotatable bonds is 5. The fourth-order valence-corrected chi connectivity index (χ4v) is 1.85. The molecule has 1 atom stereocenters. The van der Waals surface area contributed by atoms with Crippen LogP contribution in [0.3, 0.4) is 0 Å². The summed E-state index contributed by atoms with van der Waals surface area (Å²) in [6.45, 7) is 8.55. The van der Waals surface area contributed by atoms with Crippen LogP contribution in [-0.4, -0.2) is 20.8 Å². The Kier molecular flexibility index (Phi) is 2.78. The molecule has 2 rings (SSSR count). The molecule has 1 aromatic heterocycles. The molecule has 1 saturated carbocycles. The third kappa shape index (κ3) is 2.37. The lowest BCUT2D eigenvalue weighted by Crippen LogP contribution is -2.22. The van der Waals surface area contributed by atoms with Gasteiger partial charge in [-0.25, -0.2) is 9.67 Å². The van der Waals surface area contributed by atoms with Crippen LogP contribution in [-0.2, 0) is 13.1 Å². The van der Waals surface area contributed by atoms with Gasteiger partial charge in [0.05, 0.1) is 6.54 Å². The SMILES string of the molecule is CCCn1ncnc1CNC1CC1(C)C. The summed E-state index contributed by atoms with van der Waals surface area (Å²) in [6, 6.07) is 0.657. The van der Waals surface area contributed by atoms with Crippen molar-refractivity contribution in [1.82, 2.24) is 20.1 Å². The molecule has 1 N–H and O–H groups in total. The van der Waals surface area contributed by atoms with Gasteiger partial charge in [0.2, 0.25) is 0 Å². The van der Waals surface area contributed by atoms with E-state index in [1.165, 1.54) is 6.42 Å². The van der Waals surface area contributed by atoms with E-state index in [4.69, 9.17) is 0 Å². The van der Waals surface area contributed by atoms with Gasteiger partial charge < -0.3 is 5.32 Å². The Labute approximate surface area is 91.1 Å². The van der Waals surface area contributed by atoms with Crippen molar-refractivity contribution in [3.63, 3.8) is 0 Å². The van der Waals surface area contributed by atoms with Crippen molar-refractivity contribution in [2.45, 2.75) is 52.7 Å². The quantitative estimate of drug-likeness (QED) is 0.799. The van der Waals surface area contributed by atoms with E-state index in [9.17, 15) is 0 Å². The molecule has 15 heavy (non-hydrogen) atoms. The zero-order valence-electron chi connectivity index (χ0n) is 9.82. The average Bonchev–Trinajstić information content (AvgIpc) is 2.61. The fraction of sp³-hybridized carbons (Fsp3) is 0.818. The first kappa shape index (κ1) is 10.6. The van der Waals surface area contributed by atoms with Crippen LogP contribution in [0.25, 0.3) is 0 Å². The summed E-state index contributed by atoms with van der Waals surface area (Å²) in [5.41, 5.74) is 0.482. The van der Waals surface area contributed by atoms with Crippen LogP contribution in [0, 0.1) is 5.41 Å². The minimum Gasteiger partial charge on any atom is -0.306 e. The van der Waals surface area contributed by atoms with Gasteiger partial charge in [0.15, 0.2) is 0 Å². The van der Waals surface area contributed by atoms with Crippen LogP contribution in [0.4, 0.5) is 0 Å². The van der Waals surface area contributed by atoms with Gasteiger partial charge in [-0.15, -0.1) is 0 Å². The molecule has 1 unspecified atom stereocenters. The zero-order valence-corrected chi connectivity index (χ0v) is 9.82. The second-order valence-corrected chi connectivity index (χ2v) is 5.03. The van der Waals surface area contributed by atoms with Crippen molar-refractivity contribution >= 4 is 0 Å². The summed E-state index contributed by atoms with van der Waals surface area (Å²) < 4.78 is 1.99. The van der Waals surface area contributed by atoms with Gasteiger partial charge in [0, 0.05) is 12.6 Å². The van der Waals surface area contributed by atoms with Crippen LogP contribution in [0.2, 0.25) is 0 Å². The lowest BCUT2D eigenvalue weighted by Gasteiger charge is -2.07. The number of aryl methyl sites for hydroxylation is 1. The second-order valence-electron chi connectivity index (χ2n) is 5.03. The van der Waals surface area contributed by atoms with Crippen molar-refractivity contribution < 1.29 is 0 Å². The highest BCUT2D eigenvalue weighted by Gasteiger charge is 2.45. The lowest BCUT2D eigenvalue weighted by molar-refractivity contribution is 0.505. The Hall–Kier alpha value is -0.900. The van der Waals surface area contributed by atoms with E-state index in [1.807, 2.05) is 4.68 Å². The predicted molar refractivity (Wildman–Crippen MR) is 59.3 cm³/mol. The first-order valence-electron chi connectivity index (χ1n) is 5.73. The summed E-state index contributed by atoms with van der Waals surface area (Å²) in [5, 5.41) is 7.73. The van der Waals surface area contributed by atoms with Gasteiger partial charge in [-0.1, -0.05) is 20.8 Å². The molecule has 0 bridgehead atoms. The van der Waals surface area contributed by atoms with Crippen LogP contribution in [0.5, 0.6) is 0 Å². The molecule has 0 aliphatic heterocycles. The highest BCUT2D eigenvalue weighted by atomic mass is 15.3. The van der Waals surface area contributed by atoms with Crippen LogP contribution >= 0.6 is 0 Å². The van der Waals surface area contributed by atoms with Gasteiger partial charge in [0.25, 0.3) is 0 Å². The van der Waals surface area contributed by atoms with Crippen molar-refractivity contribution in [2.75, 3.05) is 0 Å². The minimum absolute atomic E-state index is 0.482. The molecule has 1 fully saturated rings. The maximum absolute atomic E-state index is 4.27. The van der Waals surface area contributed by atoms with E-state index in [2.05, 4.69) is 36.2 Å². The standard InChI is InChI=1S/C11H20N4/c1-4-5-15-10(13-8-14-15)7-12-9-6-11(9,2)3/h8-9,12H,4-7H2,1-3H3. The van der Waals surface area contributed by atoms with Crippen LogP contribution in [0.15, 0.2) is 6.33 Å². The fourth-order valence-electron chi connectivity index (χ4n) is 1.85. The van der Waals surface area contributed by atoms with Crippen molar-refractivity contribution in [1.29, 1.82) is 0 Å².